The molecular formula is C18H28O13. The van der Waals surface area contributed by atoms with Crippen molar-refractivity contribution < 1.29 is 63.2 Å². The first-order valence-corrected chi connectivity index (χ1v) is 9.59. The van der Waals surface area contributed by atoms with Gasteiger partial charge in [-0.3, -0.25) is 14.4 Å². The summed E-state index contributed by atoms with van der Waals surface area (Å²) in [5, 5.41) is 39.7. The molecule has 2 aliphatic rings. The Morgan fingerprint density at radius 2 is 1.29 bits per heavy atom. The molecule has 31 heavy (non-hydrogen) atoms. The smallest absolute Gasteiger partial charge is 0.303 e. The zero-order chi connectivity index (χ0) is 23.5. The molecule has 4 N–H and O–H groups in total. The highest BCUT2D eigenvalue weighted by molar-refractivity contribution is 5.68. The fraction of sp³-hybridized carbons (Fsp3) is 0.833. The predicted octanol–water partition coefficient (Wildman–Crippen LogP) is -2.66. The number of carbonyl (C=O) groups excluding carboxylic acids is 3. The molecule has 2 rings (SSSR count). The van der Waals surface area contributed by atoms with Crippen LogP contribution in [-0.4, -0.2) is 106 Å². The van der Waals surface area contributed by atoms with Crippen LogP contribution in [0.25, 0.3) is 0 Å². The van der Waals surface area contributed by atoms with Gasteiger partial charge in [0.15, 0.2) is 30.9 Å². The van der Waals surface area contributed by atoms with Gasteiger partial charge in [-0.2, -0.15) is 0 Å². The van der Waals surface area contributed by atoms with Crippen LogP contribution in [0, 0.1) is 0 Å². The highest BCUT2D eigenvalue weighted by atomic mass is 16.8. The molecular weight excluding hydrogens is 424 g/mol. The molecule has 0 spiro atoms. The number of esters is 3. The minimum absolute atomic E-state index is 0.673. The van der Waals surface area contributed by atoms with Crippen LogP contribution in [0.5, 0.6) is 0 Å². The Bertz CT molecular complexity index is 654. The largest absolute Gasteiger partial charge is 0.456 e. The van der Waals surface area contributed by atoms with Crippen molar-refractivity contribution >= 4 is 17.9 Å². The van der Waals surface area contributed by atoms with E-state index >= 15 is 0 Å². The average molecular weight is 452 g/mol. The number of ether oxygens (including phenoxy) is 6. The molecule has 0 amide bonds. The van der Waals surface area contributed by atoms with Gasteiger partial charge in [0.2, 0.25) is 0 Å². The zero-order valence-corrected chi connectivity index (χ0v) is 17.4. The number of hydrogen-bond acceptors (Lipinski definition) is 13. The van der Waals surface area contributed by atoms with Crippen molar-refractivity contribution in [3.8, 4) is 0 Å². The maximum atomic E-state index is 11.7. The summed E-state index contributed by atoms with van der Waals surface area (Å²) in [4.78, 5) is 34.8. The maximum absolute atomic E-state index is 11.7. The topological polar surface area (TPSA) is 188 Å². The first-order valence-electron chi connectivity index (χ1n) is 9.59. The van der Waals surface area contributed by atoms with E-state index in [0.717, 1.165) is 20.8 Å². The van der Waals surface area contributed by atoms with Gasteiger partial charge in [0.05, 0.1) is 12.7 Å². The third-order valence-electron chi connectivity index (χ3n) is 4.77. The van der Waals surface area contributed by atoms with Crippen LogP contribution in [0.4, 0.5) is 0 Å². The van der Waals surface area contributed by atoms with Crippen LogP contribution in [0.2, 0.25) is 0 Å². The molecule has 0 aromatic carbocycles. The van der Waals surface area contributed by atoms with Crippen molar-refractivity contribution in [1.29, 1.82) is 0 Å². The van der Waals surface area contributed by atoms with Gasteiger partial charge in [0.25, 0.3) is 0 Å². The predicted molar refractivity (Wildman–Crippen MR) is 95.8 cm³/mol. The Balaban J connectivity index is 2.32. The molecule has 0 saturated carbocycles. The summed E-state index contributed by atoms with van der Waals surface area (Å²) in [7, 11) is 0. The quantitative estimate of drug-likeness (QED) is 0.242. The molecule has 2 aliphatic heterocycles. The van der Waals surface area contributed by atoms with Crippen LogP contribution in [0.1, 0.15) is 27.7 Å². The molecule has 2 heterocycles. The minimum Gasteiger partial charge on any atom is -0.456 e. The van der Waals surface area contributed by atoms with Crippen molar-refractivity contribution in [3.63, 3.8) is 0 Å². The van der Waals surface area contributed by atoms with Gasteiger partial charge in [-0.25, -0.2) is 0 Å². The number of aliphatic hydroxyl groups excluding tert-OH is 4. The summed E-state index contributed by atoms with van der Waals surface area (Å²) in [5.41, 5.74) is 0. The SMILES string of the molecule is CC(=O)O[C@@H]1[C@@H](OC(C)=O)[C@H](C)O[C@@H](O[C@@H]2[C@@H](O)[C@H](O)[C@@H](CO)O[C@@H]2O)[C@@H]1OC(C)=O. The molecule has 10 atom stereocenters. The van der Waals surface area contributed by atoms with Crippen LogP contribution < -0.4 is 0 Å². The Morgan fingerprint density at radius 3 is 1.81 bits per heavy atom. The molecule has 0 aromatic heterocycles. The molecule has 178 valence electrons. The molecule has 13 heteroatoms. The van der Waals surface area contributed by atoms with Gasteiger partial charge < -0.3 is 48.8 Å². The fourth-order valence-electron chi connectivity index (χ4n) is 3.45. The summed E-state index contributed by atoms with van der Waals surface area (Å²) in [6.07, 6.45) is -14.4. The molecule has 0 aromatic rings. The Hall–Kier alpha value is -1.87. The highest BCUT2D eigenvalue weighted by Gasteiger charge is 2.54. The number of aliphatic hydroxyl groups is 4. The molecule has 0 radical (unpaired) electrons. The maximum Gasteiger partial charge on any atom is 0.303 e. The number of carbonyl (C=O) groups is 3. The van der Waals surface area contributed by atoms with Crippen molar-refractivity contribution in [2.24, 2.45) is 0 Å². The van der Waals surface area contributed by atoms with E-state index in [-0.39, 0.29) is 0 Å². The second-order valence-electron chi connectivity index (χ2n) is 7.26. The van der Waals surface area contributed by atoms with Gasteiger partial charge in [0.1, 0.15) is 24.4 Å². The third-order valence-corrected chi connectivity index (χ3v) is 4.77. The minimum atomic E-state index is -1.79. The molecule has 0 aliphatic carbocycles. The Labute approximate surface area is 177 Å². The van der Waals surface area contributed by atoms with Crippen LogP contribution in [-0.2, 0) is 42.8 Å². The van der Waals surface area contributed by atoms with Gasteiger partial charge in [-0.1, -0.05) is 0 Å². The molecule has 0 bridgehead atoms. The van der Waals surface area contributed by atoms with Crippen molar-refractivity contribution in [1.82, 2.24) is 0 Å². The highest BCUT2D eigenvalue weighted by Crippen LogP contribution is 2.32. The van der Waals surface area contributed by atoms with E-state index < -0.39 is 85.9 Å². The summed E-state index contributed by atoms with van der Waals surface area (Å²) in [5.74, 6) is -2.28. The first-order chi connectivity index (χ1) is 14.5. The summed E-state index contributed by atoms with van der Waals surface area (Å²) in [6, 6.07) is 0. The van der Waals surface area contributed by atoms with E-state index in [4.69, 9.17) is 28.4 Å². The normalized spacial score (nSPS) is 40.6. The van der Waals surface area contributed by atoms with Gasteiger partial charge in [0, 0.05) is 20.8 Å². The van der Waals surface area contributed by atoms with Crippen molar-refractivity contribution in [2.75, 3.05) is 6.61 Å². The van der Waals surface area contributed by atoms with E-state index in [1.54, 1.807) is 0 Å². The summed E-state index contributed by atoms with van der Waals surface area (Å²) in [6.45, 7) is 4.11. The lowest BCUT2D eigenvalue weighted by Gasteiger charge is -2.46. The lowest BCUT2D eigenvalue weighted by molar-refractivity contribution is -0.359. The van der Waals surface area contributed by atoms with E-state index in [9.17, 15) is 34.8 Å². The second-order valence-corrected chi connectivity index (χ2v) is 7.26. The van der Waals surface area contributed by atoms with E-state index in [1.807, 2.05) is 0 Å². The second kappa shape index (κ2) is 10.6. The number of rotatable bonds is 6. The van der Waals surface area contributed by atoms with Gasteiger partial charge in [-0.15, -0.1) is 0 Å². The molecule has 2 fully saturated rings. The van der Waals surface area contributed by atoms with E-state index in [2.05, 4.69) is 0 Å². The third kappa shape index (κ3) is 6.10. The monoisotopic (exact) mass is 452 g/mol. The summed E-state index contributed by atoms with van der Waals surface area (Å²) < 4.78 is 31.8. The van der Waals surface area contributed by atoms with Crippen LogP contribution in [0.15, 0.2) is 0 Å². The lowest BCUT2D eigenvalue weighted by Crippen LogP contribution is -2.65. The van der Waals surface area contributed by atoms with Crippen LogP contribution >= 0.6 is 0 Å². The van der Waals surface area contributed by atoms with Crippen molar-refractivity contribution in [3.05, 3.63) is 0 Å². The standard InChI is InChI=1S/C18H28O13/c1-6-13(27-7(2)20)15(28-8(3)21)16(29-9(4)22)18(26-6)31-14-12(24)11(23)10(5-19)30-17(14)25/h6,10-19,23-25H,5H2,1-4H3/t6-,10+,11+,12-,13-,14+,15+,16+,17-,18-/m0/s1. The zero-order valence-electron chi connectivity index (χ0n) is 17.4. The van der Waals surface area contributed by atoms with E-state index in [0.29, 0.717) is 0 Å². The first kappa shape index (κ1) is 25.4. The Morgan fingerprint density at radius 1 is 0.774 bits per heavy atom. The Kier molecular flexibility index (Phi) is 8.71. The fourth-order valence-corrected chi connectivity index (χ4v) is 3.45. The van der Waals surface area contributed by atoms with Gasteiger partial charge >= 0.3 is 17.9 Å². The van der Waals surface area contributed by atoms with Crippen molar-refractivity contribution in [2.45, 2.75) is 89.1 Å². The lowest BCUT2D eigenvalue weighted by atomic mass is 9.97. The number of hydrogen-bond donors (Lipinski definition) is 4. The average Bonchev–Trinajstić information content (AvgIpc) is 2.66. The van der Waals surface area contributed by atoms with Gasteiger partial charge in [-0.05, 0) is 6.92 Å². The molecule has 2 saturated heterocycles. The van der Waals surface area contributed by atoms with Crippen LogP contribution in [0.3, 0.4) is 0 Å². The van der Waals surface area contributed by atoms with E-state index in [1.165, 1.54) is 6.92 Å². The molecule has 13 nitrogen and oxygen atoms in total. The summed E-state index contributed by atoms with van der Waals surface area (Å²) >= 11 is 0. The molecule has 0 unspecified atom stereocenters.